The number of imidazole rings is 1. The van der Waals surface area contributed by atoms with Gasteiger partial charge >= 0.3 is 0 Å². The Morgan fingerprint density at radius 3 is 2.93 bits per heavy atom. The number of hydrazine groups is 1. The Hall–Kier alpha value is -3.11. The predicted molar refractivity (Wildman–Crippen MR) is 94.6 cm³/mol. The smallest absolute Gasteiger partial charge is 0.230 e. The molecule has 2 aromatic heterocycles. The van der Waals surface area contributed by atoms with Crippen molar-refractivity contribution in [3.8, 4) is 11.4 Å². The molecule has 10 heteroatoms. The minimum Gasteiger partial charge on any atom is -0.340 e. The predicted octanol–water partition coefficient (Wildman–Crippen LogP) is -0.129. The van der Waals surface area contributed by atoms with Crippen molar-refractivity contribution < 1.29 is 4.79 Å². The van der Waals surface area contributed by atoms with Crippen molar-refractivity contribution in [2.75, 3.05) is 13.1 Å². The van der Waals surface area contributed by atoms with Crippen molar-refractivity contribution in [2.45, 2.75) is 19.1 Å². The summed E-state index contributed by atoms with van der Waals surface area (Å²) in [6.07, 6.45) is 1.96. The SMILES string of the molecule is O=C(C1CNNC1n1cnnn1)N1CCc2nc(-c3ccccc3)[nH]c2C1. The Bertz CT molecular complexity index is 937. The summed E-state index contributed by atoms with van der Waals surface area (Å²) in [6, 6.07) is 10.0. The standard InChI is InChI=1S/C17H19N9O/c27-17(12-8-18-22-16(12)26-10-19-23-24-26)25-7-6-13-14(9-25)21-15(20-13)11-4-2-1-3-5-11/h1-5,10,12,16,18,22H,6-9H2,(H,20,21). The quantitative estimate of drug-likeness (QED) is 0.592. The molecule has 2 aliphatic rings. The fraction of sp³-hybridized carbons (Fsp3) is 0.353. The molecule has 0 aliphatic carbocycles. The number of hydrogen-bond acceptors (Lipinski definition) is 7. The van der Waals surface area contributed by atoms with Gasteiger partial charge in [0.15, 0.2) is 0 Å². The van der Waals surface area contributed by atoms with Gasteiger partial charge in [-0.1, -0.05) is 30.3 Å². The molecule has 10 nitrogen and oxygen atoms in total. The van der Waals surface area contributed by atoms with Gasteiger partial charge in [0, 0.05) is 25.1 Å². The summed E-state index contributed by atoms with van der Waals surface area (Å²) in [4.78, 5) is 23.1. The fourth-order valence-electron chi connectivity index (χ4n) is 3.70. The molecule has 1 saturated heterocycles. The molecule has 2 unspecified atom stereocenters. The van der Waals surface area contributed by atoms with Gasteiger partial charge < -0.3 is 9.88 Å². The van der Waals surface area contributed by atoms with Crippen molar-refractivity contribution in [1.29, 1.82) is 0 Å². The molecular formula is C17H19N9O. The minimum absolute atomic E-state index is 0.0783. The monoisotopic (exact) mass is 365 g/mol. The number of carbonyl (C=O) groups is 1. The number of hydrogen-bond donors (Lipinski definition) is 3. The van der Waals surface area contributed by atoms with Gasteiger partial charge in [-0.25, -0.2) is 15.1 Å². The second-order valence-electron chi connectivity index (χ2n) is 6.75. The van der Waals surface area contributed by atoms with Crippen LogP contribution in [0.3, 0.4) is 0 Å². The van der Waals surface area contributed by atoms with Gasteiger partial charge in [0.05, 0.1) is 23.9 Å². The molecule has 27 heavy (non-hydrogen) atoms. The van der Waals surface area contributed by atoms with E-state index in [4.69, 9.17) is 4.98 Å². The topological polar surface area (TPSA) is 117 Å². The molecule has 1 aromatic carbocycles. The Morgan fingerprint density at radius 1 is 1.22 bits per heavy atom. The van der Waals surface area contributed by atoms with Crippen LogP contribution < -0.4 is 10.9 Å². The lowest BCUT2D eigenvalue weighted by Gasteiger charge is -2.29. The van der Waals surface area contributed by atoms with E-state index >= 15 is 0 Å². The first-order chi connectivity index (χ1) is 13.3. The van der Waals surface area contributed by atoms with Crippen LogP contribution in [0.1, 0.15) is 17.6 Å². The van der Waals surface area contributed by atoms with Crippen molar-refractivity contribution in [1.82, 2.24) is 45.9 Å². The van der Waals surface area contributed by atoms with E-state index in [1.165, 1.54) is 6.33 Å². The van der Waals surface area contributed by atoms with Gasteiger partial charge in [-0.15, -0.1) is 5.10 Å². The molecule has 2 aliphatic heterocycles. The van der Waals surface area contributed by atoms with Crippen molar-refractivity contribution >= 4 is 5.91 Å². The molecule has 0 spiro atoms. The number of fused-ring (bicyclic) bond motifs is 1. The van der Waals surface area contributed by atoms with Gasteiger partial charge in [0.2, 0.25) is 5.91 Å². The third-order valence-corrected chi connectivity index (χ3v) is 5.11. The molecule has 1 amide bonds. The van der Waals surface area contributed by atoms with Gasteiger partial charge in [0.25, 0.3) is 0 Å². The molecule has 0 bridgehead atoms. The maximum Gasteiger partial charge on any atom is 0.230 e. The van der Waals surface area contributed by atoms with E-state index in [9.17, 15) is 4.79 Å². The summed E-state index contributed by atoms with van der Waals surface area (Å²) in [5.74, 6) is 0.659. The second-order valence-corrected chi connectivity index (χ2v) is 6.75. The van der Waals surface area contributed by atoms with E-state index < -0.39 is 0 Å². The summed E-state index contributed by atoms with van der Waals surface area (Å²) >= 11 is 0. The second kappa shape index (κ2) is 6.56. The van der Waals surface area contributed by atoms with E-state index in [0.717, 1.165) is 29.2 Å². The Morgan fingerprint density at radius 2 is 2.11 bits per heavy atom. The van der Waals surface area contributed by atoms with Gasteiger partial charge in [-0.05, 0) is 10.4 Å². The Balaban J connectivity index is 1.35. The number of carbonyl (C=O) groups excluding carboxylic acids is 1. The molecule has 5 rings (SSSR count). The van der Waals surface area contributed by atoms with Gasteiger partial charge in [-0.3, -0.25) is 10.2 Å². The maximum absolute atomic E-state index is 13.1. The highest BCUT2D eigenvalue weighted by molar-refractivity contribution is 5.80. The molecular weight excluding hydrogens is 346 g/mol. The molecule has 4 heterocycles. The summed E-state index contributed by atoms with van der Waals surface area (Å²) < 4.78 is 1.57. The molecule has 0 saturated carbocycles. The number of H-pyrrole nitrogens is 1. The number of benzene rings is 1. The molecule has 3 N–H and O–H groups in total. The summed E-state index contributed by atoms with van der Waals surface area (Å²) in [6.45, 7) is 1.72. The Labute approximate surface area is 154 Å². The zero-order valence-corrected chi connectivity index (χ0v) is 14.5. The normalized spacial score (nSPS) is 22.0. The van der Waals surface area contributed by atoms with Crippen molar-refractivity contribution in [3.63, 3.8) is 0 Å². The van der Waals surface area contributed by atoms with Crippen LogP contribution in [0.5, 0.6) is 0 Å². The van der Waals surface area contributed by atoms with Crippen LogP contribution in [-0.4, -0.2) is 54.1 Å². The largest absolute Gasteiger partial charge is 0.340 e. The number of rotatable bonds is 3. The molecule has 2 atom stereocenters. The minimum atomic E-state index is -0.296. The number of amides is 1. The van der Waals surface area contributed by atoms with Crippen LogP contribution >= 0.6 is 0 Å². The summed E-state index contributed by atoms with van der Waals surface area (Å²) in [5, 5.41) is 11.2. The van der Waals surface area contributed by atoms with Crippen LogP contribution in [0.4, 0.5) is 0 Å². The first kappa shape index (κ1) is 16.1. The third-order valence-electron chi connectivity index (χ3n) is 5.11. The number of nitrogens with one attached hydrogen (secondary N) is 3. The number of aromatic nitrogens is 6. The van der Waals surface area contributed by atoms with E-state index in [-0.39, 0.29) is 18.0 Å². The van der Waals surface area contributed by atoms with Crippen LogP contribution in [0.25, 0.3) is 11.4 Å². The highest BCUT2D eigenvalue weighted by atomic mass is 16.2. The van der Waals surface area contributed by atoms with Crippen molar-refractivity contribution in [3.05, 3.63) is 48.0 Å². The molecule has 1 fully saturated rings. The van der Waals surface area contributed by atoms with E-state index in [1.54, 1.807) is 4.68 Å². The molecule has 3 aromatic rings. The average molecular weight is 365 g/mol. The van der Waals surface area contributed by atoms with E-state index in [0.29, 0.717) is 19.6 Å². The lowest BCUT2D eigenvalue weighted by molar-refractivity contribution is -0.137. The third kappa shape index (κ3) is 2.88. The molecule has 0 radical (unpaired) electrons. The lowest BCUT2D eigenvalue weighted by Crippen LogP contribution is -2.43. The van der Waals surface area contributed by atoms with Crippen LogP contribution in [0.15, 0.2) is 36.7 Å². The zero-order valence-electron chi connectivity index (χ0n) is 14.5. The zero-order chi connectivity index (χ0) is 18.2. The Kier molecular flexibility index (Phi) is 3.91. The first-order valence-electron chi connectivity index (χ1n) is 8.92. The number of aromatic amines is 1. The summed E-state index contributed by atoms with van der Waals surface area (Å²) in [5.41, 5.74) is 9.21. The fourth-order valence-corrected chi connectivity index (χ4v) is 3.70. The first-order valence-corrected chi connectivity index (χ1v) is 8.92. The number of tetrazole rings is 1. The lowest BCUT2D eigenvalue weighted by atomic mass is 10.0. The summed E-state index contributed by atoms with van der Waals surface area (Å²) in [7, 11) is 0. The van der Waals surface area contributed by atoms with Crippen molar-refractivity contribution in [2.24, 2.45) is 5.92 Å². The van der Waals surface area contributed by atoms with Gasteiger partial charge in [-0.2, -0.15) is 0 Å². The average Bonchev–Trinajstić information content (AvgIpc) is 3.47. The number of nitrogens with zero attached hydrogens (tertiary/aromatic N) is 6. The van der Waals surface area contributed by atoms with Crippen LogP contribution in [0, 0.1) is 5.92 Å². The van der Waals surface area contributed by atoms with E-state index in [1.807, 2.05) is 35.2 Å². The molecule has 138 valence electrons. The highest BCUT2D eigenvalue weighted by Gasteiger charge is 2.38. The van der Waals surface area contributed by atoms with E-state index in [2.05, 4.69) is 31.4 Å². The maximum atomic E-state index is 13.1. The van der Waals surface area contributed by atoms with Crippen LogP contribution in [-0.2, 0) is 17.8 Å². The van der Waals surface area contributed by atoms with Gasteiger partial charge in [0.1, 0.15) is 18.3 Å². The highest BCUT2D eigenvalue weighted by Crippen LogP contribution is 2.26. The van der Waals surface area contributed by atoms with Crippen LogP contribution in [0.2, 0.25) is 0 Å².